The van der Waals surface area contributed by atoms with Crippen molar-refractivity contribution in [1.29, 1.82) is 0 Å². The van der Waals surface area contributed by atoms with Crippen LogP contribution in [0.3, 0.4) is 0 Å². The number of alkyl carbamates (subject to hydrolysis) is 1. The molecule has 1 N–H and O–H groups in total. The minimum absolute atomic E-state index is 0.120. The highest BCUT2D eigenvalue weighted by Crippen LogP contribution is 2.18. The monoisotopic (exact) mass is 320 g/mol. The van der Waals surface area contributed by atoms with Crippen LogP contribution in [0.25, 0.3) is 0 Å². The molecule has 1 aromatic rings. The fourth-order valence-electron chi connectivity index (χ4n) is 2.40. The summed E-state index contributed by atoms with van der Waals surface area (Å²) in [5.74, 6) is -0.120. The van der Waals surface area contributed by atoms with Crippen LogP contribution in [0.15, 0.2) is 30.3 Å². The number of β-lactam (4-membered cyclic amide) rings is 1. The van der Waals surface area contributed by atoms with Crippen LogP contribution in [-0.4, -0.2) is 49.2 Å². The fourth-order valence-corrected chi connectivity index (χ4v) is 2.40. The maximum atomic E-state index is 11.9. The largest absolute Gasteiger partial charge is 0.445 e. The Balaban J connectivity index is 1.75. The number of nitrogens with one attached hydrogen (secondary N) is 1. The highest BCUT2D eigenvalue weighted by Gasteiger charge is 2.46. The molecule has 1 aromatic carbocycles. The molecule has 0 bridgehead atoms. The molecule has 0 aliphatic carbocycles. The summed E-state index contributed by atoms with van der Waals surface area (Å²) in [5.41, 5.74) is 0.902. The number of likely N-dealkylation sites (N-methyl/N-ethyl adjacent to an activating group) is 1. The van der Waals surface area contributed by atoms with Crippen molar-refractivity contribution < 1.29 is 19.1 Å². The minimum Gasteiger partial charge on any atom is -0.445 e. The van der Waals surface area contributed by atoms with Gasteiger partial charge in [-0.15, -0.1) is 0 Å². The number of benzene rings is 1. The number of amides is 2. The van der Waals surface area contributed by atoms with Gasteiger partial charge in [0.25, 0.3) is 0 Å². The molecule has 2 atom stereocenters. The number of carbonyl (C=O) groups excluding carboxylic acids is 2. The SMILES string of the molecule is CCCCOC[C@H]1[C@H](NC(=O)OCc2ccccc2)C(=O)N1C. The van der Waals surface area contributed by atoms with Crippen molar-refractivity contribution >= 4 is 12.0 Å². The Morgan fingerprint density at radius 3 is 2.74 bits per heavy atom. The maximum Gasteiger partial charge on any atom is 0.408 e. The summed E-state index contributed by atoms with van der Waals surface area (Å²) in [6.07, 6.45) is 1.47. The number of ether oxygens (including phenoxy) is 2. The molecule has 2 amide bonds. The number of unbranched alkanes of at least 4 members (excludes halogenated alkanes) is 1. The molecule has 1 aliphatic rings. The second kappa shape index (κ2) is 8.53. The zero-order valence-corrected chi connectivity index (χ0v) is 13.7. The highest BCUT2D eigenvalue weighted by atomic mass is 16.5. The van der Waals surface area contributed by atoms with Crippen molar-refractivity contribution in [2.45, 2.75) is 38.5 Å². The zero-order chi connectivity index (χ0) is 16.7. The summed E-state index contributed by atoms with van der Waals surface area (Å²) >= 11 is 0. The van der Waals surface area contributed by atoms with Gasteiger partial charge in [0.15, 0.2) is 0 Å². The van der Waals surface area contributed by atoms with Gasteiger partial charge in [-0.1, -0.05) is 43.7 Å². The van der Waals surface area contributed by atoms with Crippen LogP contribution >= 0.6 is 0 Å². The highest BCUT2D eigenvalue weighted by molar-refractivity contribution is 5.92. The number of hydrogen-bond acceptors (Lipinski definition) is 4. The van der Waals surface area contributed by atoms with Crippen molar-refractivity contribution in [2.75, 3.05) is 20.3 Å². The molecule has 0 radical (unpaired) electrons. The molecular weight excluding hydrogens is 296 g/mol. The Hall–Kier alpha value is -2.08. The third kappa shape index (κ3) is 4.69. The van der Waals surface area contributed by atoms with E-state index in [2.05, 4.69) is 12.2 Å². The van der Waals surface area contributed by atoms with Crippen molar-refractivity contribution in [2.24, 2.45) is 0 Å². The quantitative estimate of drug-likeness (QED) is 0.587. The first-order valence-electron chi connectivity index (χ1n) is 7.95. The Bertz CT molecular complexity index is 521. The fraction of sp³-hybridized carbons (Fsp3) is 0.529. The van der Waals surface area contributed by atoms with Crippen molar-refractivity contribution in [3.05, 3.63) is 35.9 Å². The third-order valence-electron chi connectivity index (χ3n) is 3.91. The zero-order valence-electron chi connectivity index (χ0n) is 13.7. The lowest BCUT2D eigenvalue weighted by atomic mass is 9.97. The van der Waals surface area contributed by atoms with Gasteiger partial charge in [-0.2, -0.15) is 0 Å². The van der Waals surface area contributed by atoms with Gasteiger partial charge in [-0.25, -0.2) is 4.79 Å². The van der Waals surface area contributed by atoms with Gasteiger partial charge >= 0.3 is 6.09 Å². The smallest absolute Gasteiger partial charge is 0.408 e. The lowest BCUT2D eigenvalue weighted by molar-refractivity contribution is -0.151. The van der Waals surface area contributed by atoms with Crippen molar-refractivity contribution in [3.8, 4) is 0 Å². The molecule has 23 heavy (non-hydrogen) atoms. The van der Waals surface area contributed by atoms with E-state index >= 15 is 0 Å². The molecule has 1 saturated heterocycles. The minimum atomic E-state index is -0.584. The van der Waals surface area contributed by atoms with Crippen LogP contribution in [-0.2, 0) is 20.9 Å². The van der Waals surface area contributed by atoms with E-state index in [1.807, 2.05) is 30.3 Å². The van der Waals surface area contributed by atoms with Gasteiger partial charge in [0.1, 0.15) is 12.6 Å². The Labute approximate surface area is 136 Å². The average Bonchev–Trinajstić information content (AvgIpc) is 2.59. The number of rotatable bonds is 8. The van der Waals surface area contributed by atoms with Crippen LogP contribution in [0.4, 0.5) is 4.79 Å². The summed E-state index contributed by atoms with van der Waals surface area (Å²) in [6, 6.07) is 8.71. The second-order valence-corrected chi connectivity index (χ2v) is 5.63. The topological polar surface area (TPSA) is 67.9 Å². The number of likely N-dealkylation sites (tertiary alicyclic amines) is 1. The van der Waals surface area contributed by atoms with Crippen LogP contribution in [0.5, 0.6) is 0 Å². The number of nitrogens with zero attached hydrogens (tertiary/aromatic N) is 1. The molecule has 2 rings (SSSR count). The van der Waals surface area contributed by atoms with Crippen LogP contribution in [0, 0.1) is 0 Å². The van der Waals surface area contributed by atoms with Crippen LogP contribution in [0.2, 0.25) is 0 Å². The average molecular weight is 320 g/mol. The summed E-state index contributed by atoms with van der Waals surface area (Å²) in [5, 5.41) is 2.63. The number of hydrogen-bond donors (Lipinski definition) is 1. The normalized spacial score (nSPS) is 20.1. The molecule has 0 spiro atoms. The van der Waals surface area contributed by atoms with Gasteiger partial charge < -0.3 is 19.7 Å². The van der Waals surface area contributed by atoms with Gasteiger partial charge in [0.05, 0.1) is 12.6 Å². The summed E-state index contributed by atoms with van der Waals surface area (Å²) in [6.45, 7) is 3.36. The standard InChI is InChI=1S/C17H24N2O4/c1-3-4-10-22-12-14-15(16(20)19(14)2)18-17(21)23-11-13-8-6-5-7-9-13/h5-9,14-15H,3-4,10-12H2,1-2H3,(H,18,21)/t14-,15-/m0/s1. The van der Waals surface area contributed by atoms with Gasteiger partial charge in [-0.05, 0) is 12.0 Å². The van der Waals surface area contributed by atoms with E-state index in [-0.39, 0.29) is 18.6 Å². The summed E-state index contributed by atoms with van der Waals surface area (Å²) < 4.78 is 10.7. The molecule has 0 aromatic heterocycles. The van der Waals surface area contributed by atoms with Crippen molar-refractivity contribution in [3.63, 3.8) is 0 Å². The first-order chi connectivity index (χ1) is 11.1. The Morgan fingerprint density at radius 1 is 1.30 bits per heavy atom. The molecule has 0 saturated carbocycles. The van der Waals surface area contributed by atoms with E-state index in [0.717, 1.165) is 18.4 Å². The Morgan fingerprint density at radius 2 is 2.04 bits per heavy atom. The van der Waals surface area contributed by atoms with E-state index in [4.69, 9.17) is 9.47 Å². The molecule has 126 valence electrons. The van der Waals surface area contributed by atoms with Crippen LogP contribution < -0.4 is 5.32 Å². The first-order valence-corrected chi connectivity index (χ1v) is 7.95. The van der Waals surface area contributed by atoms with E-state index in [1.165, 1.54) is 0 Å². The lowest BCUT2D eigenvalue weighted by Gasteiger charge is -2.44. The predicted octanol–water partition coefficient (Wildman–Crippen LogP) is 1.94. The van der Waals surface area contributed by atoms with E-state index < -0.39 is 12.1 Å². The predicted molar refractivity (Wildman–Crippen MR) is 85.8 cm³/mol. The maximum absolute atomic E-state index is 11.9. The second-order valence-electron chi connectivity index (χ2n) is 5.63. The lowest BCUT2D eigenvalue weighted by Crippen LogP contribution is -2.70. The molecule has 6 heteroatoms. The Kier molecular flexibility index (Phi) is 6.40. The summed E-state index contributed by atoms with van der Waals surface area (Å²) in [7, 11) is 1.71. The van der Waals surface area contributed by atoms with E-state index in [9.17, 15) is 9.59 Å². The van der Waals surface area contributed by atoms with Gasteiger partial charge in [0.2, 0.25) is 5.91 Å². The summed E-state index contributed by atoms with van der Waals surface area (Å²) in [4.78, 5) is 25.3. The third-order valence-corrected chi connectivity index (χ3v) is 3.91. The van der Waals surface area contributed by atoms with E-state index in [0.29, 0.717) is 13.2 Å². The van der Waals surface area contributed by atoms with Crippen LogP contribution in [0.1, 0.15) is 25.3 Å². The van der Waals surface area contributed by atoms with Gasteiger partial charge in [-0.3, -0.25) is 4.79 Å². The van der Waals surface area contributed by atoms with Gasteiger partial charge in [0, 0.05) is 13.7 Å². The molecule has 1 heterocycles. The molecule has 1 fully saturated rings. The molecule has 1 aliphatic heterocycles. The molecular formula is C17H24N2O4. The molecule has 6 nitrogen and oxygen atoms in total. The molecule has 0 unspecified atom stereocenters. The number of carbonyl (C=O) groups is 2. The van der Waals surface area contributed by atoms with E-state index in [1.54, 1.807) is 11.9 Å². The first kappa shape index (κ1) is 17.3. The van der Waals surface area contributed by atoms with Crippen molar-refractivity contribution in [1.82, 2.24) is 10.2 Å².